The number of carbonyl (C=O) groups is 1. The number of aromatic amines is 1. The molecule has 2 heterocycles. The lowest BCUT2D eigenvalue weighted by Crippen LogP contribution is -2.13. The Kier molecular flexibility index (Phi) is 2.89. The molecule has 0 radical (unpaired) electrons. The fraction of sp³-hybridized carbons (Fsp3) is 0. The van der Waals surface area contributed by atoms with Gasteiger partial charge in [-0.25, -0.2) is 0 Å². The lowest BCUT2D eigenvalue weighted by Gasteiger charge is -2.01. The van der Waals surface area contributed by atoms with Crippen LogP contribution in [0.15, 0.2) is 42.5 Å². The van der Waals surface area contributed by atoms with Gasteiger partial charge in [0.25, 0.3) is 5.91 Å². The summed E-state index contributed by atoms with van der Waals surface area (Å²) in [5, 5.41) is 11.3. The van der Waals surface area contributed by atoms with E-state index >= 15 is 0 Å². The SMILES string of the molecule is O=C(Nc1ccc(Cl)nn1)c1cc2ccccc2[nH]1. The number of amides is 1. The number of anilines is 1. The first-order chi connectivity index (χ1) is 9.22. The highest BCUT2D eigenvalue weighted by Gasteiger charge is 2.10. The number of rotatable bonds is 2. The second-order valence-electron chi connectivity index (χ2n) is 3.97. The molecule has 0 aliphatic rings. The van der Waals surface area contributed by atoms with Crippen LogP contribution in [0.5, 0.6) is 0 Å². The summed E-state index contributed by atoms with van der Waals surface area (Å²) < 4.78 is 0. The van der Waals surface area contributed by atoms with E-state index in [9.17, 15) is 4.79 Å². The first kappa shape index (κ1) is 11.7. The standard InChI is InChI=1S/C13H9ClN4O/c14-11-5-6-12(18-17-11)16-13(19)10-7-8-3-1-2-4-9(8)15-10/h1-7,15H,(H,16,18,19). The Hall–Kier alpha value is -2.40. The number of nitrogens with zero attached hydrogens (tertiary/aromatic N) is 2. The first-order valence-corrected chi connectivity index (χ1v) is 5.98. The Balaban J connectivity index is 1.85. The zero-order chi connectivity index (χ0) is 13.2. The molecule has 0 atom stereocenters. The van der Waals surface area contributed by atoms with E-state index in [1.165, 1.54) is 0 Å². The van der Waals surface area contributed by atoms with Crippen LogP contribution in [-0.4, -0.2) is 21.1 Å². The van der Waals surface area contributed by atoms with Gasteiger partial charge < -0.3 is 10.3 Å². The molecule has 0 bridgehead atoms. The van der Waals surface area contributed by atoms with Crippen molar-refractivity contribution >= 4 is 34.2 Å². The van der Waals surface area contributed by atoms with E-state index in [1.807, 2.05) is 24.3 Å². The van der Waals surface area contributed by atoms with Crippen LogP contribution < -0.4 is 5.32 Å². The summed E-state index contributed by atoms with van der Waals surface area (Å²) in [6.45, 7) is 0. The minimum Gasteiger partial charge on any atom is -0.351 e. The summed E-state index contributed by atoms with van der Waals surface area (Å²) in [5.41, 5.74) is 1.38. The Morgan fingerprint density at radius 1 is 1.16 bits per heavy atom. The highest BCUT2D eigenvalue weighted by molar-refractivity contribution is 6.29. The second-order valence-corrected chi connectivity index (χ2v) is 4.35. The van der Waals surface area contributed by atoms with E-state index in [2.05, 4.69) is 20.5 Å². The highest BCUT2D eigenvalue weighted by atomic mass is 35.5. The lowest BCUT2D eigenvalue weighted by molar-refractivity contribution is 0.102. The van der Waals surface area contributed by atoms with Crippen LogP contribution in [0.3, 0.4) is 0 Å². The summed E-state index contributed by atoms with van der Waals surface area (Å²) in [7, 11) is 0. The van der Waals surface area contributed by atoms with E-state index < -0.39 is 0 Å². The van der Waals surface area contributed by atoms with Gasteiger partial charge in [0, 0.05) is 10.9 Å². The van der Waals surface area contributed by atoms with Crippen LogP contribution in [0.25, 0.3) is 10.9 Å². The third-order valence-electron chi connectivity index (χ3n) is 2.65. The van der Waals surface area contributed by atoms with Gasteiger partial charge >= 0.3 is 0 Å². The average molecular weight is 273 g/mol. The number of nitrogens with one attached hydrogen (secondary N) is 2. The largest absolute Gasteiger partial charge is 0.351 e. The molecule has 0 spiro atoms. The van der Waals surface area contributed by atoms with Crippen LogP contribution in [0.1, 0.15) is 10.5 Å². The predicted octanol–water partition coefficient (Wildman–Crippen LogP) is 2.86. The number of fused-ring (bicyclic) bond motifs is 1. The van der Waals surface area contributed by atoms with Crippen molar-refractivity contribution in [3.63, 3.8) is 0 Å². The van der Waals surface area contributed by atoms with Crippen LogP contribution in [-0.2, 0) is 0 Å². The van der Waals surface area contributed by atoms with Crippen molar-refractivity contribution in [1.82, 2.24) is 15.2 Å². The number of para-hydroxylation sites is 1. The summed E-state index contributed by atoms with van der Waals surface area (Å²) in [5.74, 6) is 0.0841. The van der Waals surface area contributed by atoms with Gasteiger partial charge in [-0.05, 0) is 24.3 Å². The van der Waals surface area contributed by atoms with E-state index in [-0.39, 0.29) is 11.1 Å². The molecule has 1 amide bonds. The molecular weight excluding hydrogens is 264 g/mol. The fourth-order valence-electron chi connectivity index (χ4n) is 1.76. The van der Waals surface area contributed by atoms with Crippen molar-refractivity contribution in [2.24, 2.45) is 0 Å². The minimum atomic E-state index is -0.271. The lowest BCUT2D eigenvalue weighted by atomic mass is 10.2. The van der Waals surface area contributed by atoms with E-state index in [0.29, 0.717) is 11.5 Å². The van der Waals surface area contributed by atoms with Crippen molar-refractivity contribution in [3.05, 3.63) is 53.3 Å². The molecule has 94 valence electrons. The third kappa shape index (κ3) is 2.41. The van der Waals surface area contributed by atoms with Gasteiger partial charge in [-0.2, -0.15) is 0 Å². The first-order valence-electron chi connectivity index (χ1n) is 5.61. The molecule has 5 nitrogen and oxygen atoms in total. The van der Waals surface area contributed by atoms with Gasteiger partial charge in [0.1, 0.15) is 5.69 Å². The number of benzene rings is 1. The second kappa shape index (κ2) is 4.70. The van der Waals surface area contributed by atoms with Gasteiger partial charge in [0.2, 0.25) is 0 Å². The van der Waals surface area contributed by atoms with Crippen LogP contribution in [0, 0.1) is 0 Å². The maximum atomic E-state index is 12.0. The van der Waals surface area contributed by atoms with Gasteiger partial charge in [0.15, 0.2) is 11.0 Å². The molecule has 0 saturated heterocycles. The molecular formula is C13H9ClN4O. The Labute approximate surface area is 113 Å². The van der Waals surface area contributed by atoms with Crippen molar-refractivity contribution < 1.29 is 4.79 Å². The molecule has 0 saturated carbocycles. The number of hydrogen-bond acceptors (Lipinski definition) is 3. The molecule has 0 fully saturated rings. The zero-order valence-electron chi connectivity index (χ0n) is 9.72. The van der Waals surface area contributed by atoms with E-state index in [1.54, 1.807) is 18.2 Å². The minimum absolute atomic E-state index is 0.271. The summed E-state index contributed by atoms with van der Waals surface area (Å²) >= 11 is 5.63. The van der Waals surface area contributed by atoms with Gasteiger partial charge in [0.05, 0.1) is 0 Å². The Bertz CT molecular complexity index is 703. The highest BCUT2D eigenvalue weighted by Crippen LogP contribution is 2.15. The fourth-order valence-corrected chi connectivity index (χ4v) is 1.86. The number of aromatic nitrogens is 3. The summed E-state index contributed by atoms with van der Waals surface area (Å²) in [6.07, 6.45) is 0. The molecule has 3 rings (SSSR count). The molecule has 2 N–H and O–H groups in total. The van der Waals surface area contributed by atoms with Crippen LogP contribution in [0.4, 0.5) is 5.82 Å². The quantitative estimate of drug-likeness (QED) is 0.753. The third-order valence-corrected chi connectivity index (χ3v) is 2.85. The maximum Gasteiger partial charge on any atom is 0.273 e. The molecule has 0 aliphatic carbocycles. The van der Waals surface area contributed by atoms with Gasteiger partial charge in [-0.15, -0.1) is 10.2 Å². The van der Waals surface area contributed by atoms with Crippen molar-refractivity contribution in [1.29, 1.82) is 0 Å². The molecule has 0 aliphatic heterocycles. The monoisotopic (exact) mass is 272 g/mol. The van der Waals surface area contributed by atoms with Crippen LogP contribution >= 0.6 is 11.6 Å². The smallest absolute Gasteiger partial charge is 0.273 e. The number of carbonyl (C=O) groups excluding carboxylic acids is 1. The number of hydrogen-bond donors (Lipinski definition) is 2. The number of H-pyrrole nitrogens is 1. The molecule has 6 heteroatoms. The zero-order valence-corrected chi connectivity index (χ0v) is 10.5. The summed E-state index contributed by atoms with van der Waals surface area (Å²) in [6, 6.07) is 12.6. The van der Waals surface area contributed by atoms with Gasteiger partial charge in [-0.3, -0.25) is 4.79 Å². The molecule has 1 aromatic carbocycles. The Morgan fingerprint density at radius 2 is 2.00 bits per heavy atom. The predicted molar refractivity (Wildman–Crippen MR) is 73.3 cm³/mol. The van der Waals surface area contributed by atoms with E-state index in [4.69, 9.17) is 11.6 Å². The van der Waals surface area contributed by atoms with Gasteiger partial charge in [-0.1, -0.05) is 29.8 Å². The topological polar surface area (TPSA) is 70.7 Å². The molecule has 19 heavy (non-hydrogen) atoms. The Morgan fingerprint density at radius 3 is 2.74 bits per heavy atom. The van der Waals surface area contributed by atoms with Crippen molar-refractivity contribution in [2.45, 2.75) is 0 Å². The average Bonchev–Trinajstić information content (AvgIpc) is 2.85. The van der Waals surface area contributed by atoms with Crippen LogP contribution in [0.2, 0.25) is 5.15 Å². The molecule has 2 aromatic heterocycles. The maximum absolute atomic E-state index is 12.0. The molecule has 3 aromatic rings. The number of halogens is 1. The summed E-state index contributed by atoms with van der Waals surface area (Å²) in [4.78, 5) is 15.1. The van der Waals surface area contributed by atoms with E-state index in [0.717, 1.165) is 10.9 Å². The van der Waals surface area contributed by atoms with Crippen molar-refractivity contribution in [2.75, 3.05) is 5.32 Å². The van der Waals surface area contributed by atoms with Crippen molar-refractivity contribution in [3.8, 4) is 0 Å². The normalized spacial score (nSPS) is 10.6. The molecule has 0 unspecified atom stereocenters.